The summed E-state index contributed by atoms with van der Waals surface area (Å²) >= 11 is 3.30. The Hall–Kier alpha value is -3.03. The lowest BCUT2D eigenvalue weighted by Gasteiger charge is -2.19. The van der Waals surface area contributed by atoms with Crippen LogP contribution in [0.3, 0.4) is 0 Å². The molecular formula is C23H17BrN2O3S. The molecule has 4 rings (SSSR count). The SMILES string of the molecule is Cc1cccc(NC2=C/C(=N/S(=O)(=O)c3ccc(Br)cc3)c3ccccc3C2=O)c1. The second-order valence-electron chi connectivity index (χ2n) is 6.83. The van der Waals surface area contributed by atoms with Crippen LogP contribution in [-0.2, 0) is 10.0 Å². The van der Waals surface area contributed by atoms with E-state index in [1.54, 1.807) is 36.4 Å². The lowest BCUT2D eigenvalue weighted by Crippen LogP contribution is -2.22. The highest BCUT2D eigenvalue weighted by molar-refractivity contribution is 9.10. The van der Waals surface area contributed by atoms with Gasteiger partial charge in [0.1, 0.15) is 0 Å². The number of hydrogen-bond acceptors (Lipinski definition) is 4. The van der Waals surface area contributed by atoms with Gasteiger partial charge in [-0.2, -0.15) is 12.8 Å². The van der Waals surface area contributed by atoms with Gasteiger partial charge in [0.15, 0.2) is 0 Å². The van der Waals surface area contributed by atoms with Crippen molar-refractivity contribution in [2.45, 2.75) is 11.8 Å². The normalized spacial score (nSPS) is 14.9. The summed E-state index contributed by atoms with van der Waals surface area (Å²) in [7, 11) is -3.96. The van der Waals surface area contributed by atoms with Gasteiger partial charge < -0.3 is 5.32 Å². The number of rotatable bonds is 4. The van der Waals surface area contributed by atoms with Gasteiger partial charge in [-0.3, -0.25) is 4.79 Å². The molecule has 0 radical (unpaired) electrons. The summed E-state index contributed by atoms with van der Waals surface area (Å²) in [4.78, 5) is 13.1. The summed E-state index contributed by atoms with van der Waals surface area (Å²) in [5.74, 6) is -0.216. The van der Waals surface area contributed by atoms with Gasteiger partial charge in [0, 0.05) is 21.3 Å². The summed E-state index contributed by atoms with van der Waals surface area (Å²) in [5.41, 5.74) is 3.14. The predicted molar refractivity (Wildman–Crippen MR) is 122 cm³/mol. The maximum Gasteiger partial charge on any atom is 0.282 e. The van der Waals surface area contributed by atoms with Crippen LogP contribution in [0.5, 0.6) is 0 Å². The van der Waals surface area contributed by atoms with E-state index in [0.29, 0.717) is 11.1 Å². The molecule has 0 unspecified atom stereocenters. The maximum absolute atomic E-state index is 13.0. The van der Waals surface area contributed by atoms with E-state index in [1.165, 1.54) is 18.2 Å². The van der Waals surface area contributed by atoms with Crippen molar-refractivity contribution in [3.63, 3.8) is 0 Å². The number of sulfonamides is 1. The molecule has 1 aliphatic carbocycles. The van der Waals surface area contributed by atoms with Crippen LogP contribution in [0.25, 0.3) is 0 Å². The van der Waals surface area contributed by atoms with E-state index in [0.717, 1.165) is 15.7 Å². The van der Waals surface area contributed by atoms with Crippen LogP contribution in [0.2, 0.25) is 0 Å². The van der Waals surface area contributed by atoms with Crippen molar-refractivity contribution in [3.8, 4) is 0 Å². The van der Waals surface area contributed by atoms with Crippen LogP contribution in [0.15, 0.2) is 98.3 Å². The van der Waals surface area contributed by atoms with Crippen molar-refractivity contribution in [3.05, 3.63) is 106 Å². The zero-order chi connectivity index (χ0) is 21.3. The molecule has 1 aliphatic rings. The number of nitrogens with one attached hydrogen (secondary N) is 1. The number of carbonyl (C=O) groups is 1. The van der Waals surface area contributed by atoms with Gasteiger partial charge in [0.2, 0.25) is 5.78 Å². The predicted octanol–water partition coefficient (Wildman–Crippen LogP) is 5.13. The molecule has 5 nitrogen and oxygen atoms in total. The standard InChI is InChI=1S/C23H17BrN2O3S/c1-15-5-4-6-17(13-15)25-22-14-21(19-7-2-3-8-20(19)23(22)27)26-30(28,29)18-11-9-16(24)10-12-18/h2-14,25H,1H3/b26-21-. The topological polar surface area (TPSA) is 75.6 Å². The van der Waals surface area contributed by atoms with Gasteiger partial charge in [-0.05, 0) is 55.0 Å². The average Bonchev–Trinajstić information content (AvgIpc) is 2.72. The summed E-state index contributed by atoms with van der Waals surface area (Å²) < 4.78 is 30.6. The van der Waals surface area contributed by atoms with Gasteiger partial charge in [0.05, 0.1) is 16.3 Å². The minimum Gasteiger partial charge on any atom is -0.352 e. The number of fused-ring (bicyclic) bond motifs is 1. The molecule has 0 atom stereocenters. The first kappa shape index (κ1) is 20.3. The Balaban J connectivity index is 1.81. The van der Waals surface area contributed by atoms with Crippen LogP contribution in [0.4, 0.5) is 5.69 Å². The van der Waals surface area contributed by atoms with E-state index >= 15 is 0 Å². The quantitative estimate of drug-likeness (QED) is 0.561. The average molecular weight is 481 g/mol. The number of ketones is 1. The fraction of sp³-hybridized carbons (Fsp3) is 0.0435. The van der Waals surface area contributed by atoms with Gasteiger partial charge >= 0.3 is 0 Å². The molecule has 1 N–H and O–H groups in total. The Morgan fingerprint density at radius 1 is 0.900 bits per heavy atom. The summed E-state index contributed by atoms with van der Waals surface area (Å²) in [6.07, 6.45) is 1.49. The first-order chi connectivity index (χ1) is 14.3. The molecule has 0 fully saturated rings. The lowest BCUT2D eigenvalue weighted by atomic mass is 9.92. The minimum absolute atomic E-state index is 0.0779. The fourth-order valence-electron chi connectivity index (χ4n) is 3.17. The summed E-state index contributed by atoms with van der Waals surface area (Å²) in [5, 5.41) is 3.11. The number of halogens is 1. The molecule has 30 heavy (non-hydrogen) atoms. The van der Waals surface area contributed by atoms with Crippen molar-refractivity contribution in [1.29, 1.82) is 0 Å². The van der Waals surface area contributed by atoms with Crippen LogP contribution < -0.4 is 5.32 Å². The number of carbonyl (C=O) groups excluding carboxylic acids is 1. The molecule has 7 heteroatoms. The van der Waals surface area contributed by atoms with Crippen molar-refractivity contribution < 1.29 is 13.2 Å². The highest BCUT2D eigenvalue weighted by Gasteiger charge is 2.26. The second-order valence-corrected chi connectivity index (χ2v) is 9.35. The first-order valence-electron chi connectivity index (χ1n) is 9.13. The molecule has 0 saturated carbocycles. The molecule has 3 aromatic rings. The van der Waals surface area contributed by atoms with Crippen molar-refractivity contribution in [2.24, 2.45) is 4.40 Å². The molecule has 0 aromatic heterocycles. The Bertz CT molecular complexity index is 1310. The van der Waals surface area contributed by atoms with Crippen molar-refractivity contribution in [1.82, 2.24) is 0 Å². The molecule has 0 heterocycles. The second kappa shape index (κ2) is 8.01. The van der Waals surface area contributed by atoms with E-state index in [1.807, 2.05) is 31.2 Å². The molecule has 0 amide bonds. The van der Waals surface area contributed by atoms with Gasteiger partial charge in [-0.1, -0.05) is 52.3 Å². The largest absolute Gasteiger partial charge is 0.352 e. The smallest absolute Gasteiger partial charge is 0.282 e. The highest BCUT2D eigenvalue weighted by Crippen LogP contribution is 2.25. The van der Waals surface area contributed by atoms with Crippen molar-refractivity contribution >= 4 is 43.1 Å². The maximum atomic E-state index is 13.0. The number of hydrogen-bond donors (Lipinski definition) is 1. The van der Waals surface area contributed by atoms with Crippen LogP contribution >= 0.6 is 15.9 Å². The van der Waals surface area contributed by atoms with E-state index in [9.17, 15) is 13.2 Å². The highest BCUT2D eigenvalue weighted by atomic mass is 79.9. The number of nitrogens with zero attached hydrogens (tertiary/aromatic N) is 1. The van der Waals surface area contributed by atoms with E-state index < -0.39 is 10.0 Å². The molecule has 0 saturated heterocycles. The van der Waals surface area contributed by atoms with Crippen LogP contribution in [0, 0.1) is 6.92 Å². The zero-order valence-electron chi connectivity index (χ0n) is 16.0. The molecule has 3 aromatic carbocycles. The van der Waals surface area contributed by atoms with E-state index in [4.69, 9.17) is 0 Å². The number of aryl methyl sites for hydroxylation is 1. The number of benzene rings is 3. The van der Waals surface area contributed by atoms with Crippen molar-refractivity contribution in [2.75, 3.05) is 5.32 Å². The number of allylic oxidation sites excluding steroid dienone is 2. The van der Waals surface area contributed by atoms with E-state index in [2.05, 4.69) is 25.6 Å². The Morgan fingerprint density at radius 2 is 1.60 bits per heavy atom. The Kier molecular flexibility index (Phi) is 5.40. The Morgan fingerprint density at radius 3 is 2.30 bits per heavy atom. The molecule has 150 valence electrons. The number of anilines is 1. The molecule has 0 aliphatic heterocycles. The first-order valence-corrected chi connectivity index (χ1v) is 11.4. The molecular weight excluding hydrogens is 464 g/mol. The molecule has 0 bridgehead atoms. The van der Waals surface area contributed by atoms with Gasteiger partial charge in [0.25, 0.3) is 10.0 Å². The fourth-order valence-corrected chi connectivity index (χ4v) is 4.42. The third-order valence-corrected chi connectivity index (χ3v) is 6.43. The third-order valence-electron chi connectivity index (χ3n) is 4.60. The van der Waals surface area contributed by atoms with Crippen LogP contribution in [0.1, 0.15) is 21.5 Å². The minimum atomic E-state index is -3.96. The summed E-state index contributed by atoms with van der Waals surface area (Å²) in [6.45, 7) is 1.95. The van der Waals surface area contributed by atoms with Crippen LogP contribution in [-0.4, -0.2) is 19.9 Å². The lowest BCUT2D eigenvalue weighted by molar-refractivity contribution is 0.103. The molecule has 0 spiro atoms. The van der Waals surface area contributed by atoms with Gasteiger partial charge in [-0.25, -0.2) is 0 Å². The monoisotopic (exact) mass is 480 g/mol. The van der Waals surface area contributed by atoms with E-state index in [-0.39, 0.29) is 22.1 Å². The van der Waals surface area contributed by atoms with Gasteiger partial charge in [-0.15, -0.1) is 0 Å². The summed E-state index contributed by atoms with van der Waals surface area (Å²) in [6, 6.07) is 20.7. The Labute approximate surface area is 183 Å². The number of Topliss-reactive ketones (excluding diaryl/α,β-unsaturated/α-hetero) is 1. The third kappa shape index (κ3) is 4.13. The zero-order valence-corrected chi connectivity index (χ0v) is 18.4.